The van der Waals surface area contributed by atoms with Crippen LogP contribution in [0.1, 0.15) is 76.2 Å². The van der Waals surface area contributed by atoms with Crippen LogP contribution in [0.5, 0.6) is 0 Å². The van der Waals surface area contributed by atoms with Gasteiger partial charge in [-0.15, -0.1) is 0 Å². The van der Waals surface area contributed by atoms with Crippen molar-refractivity contribution in [1.82, 2.24) is 4.90 Å². The van der Waals surface area contributed by atoms with E-state index in [0.717, 1.165) is 0 Å². The topological polar surface area (TPSA) is 54.7 Å². The molecule has 5 heteroatoms. The van der Waals surface area contributed by atoms with Gasteiger partial charge in [0.25, 0.3) is 0 Å². The fourth-order valence-electron chi connectivity index (χ4n) is 2.16. The Labute approximate surface area is 155 Å². The zero-order valence-corrected chi connectivity index (χ0v) is 18.3. The van der Waals surface area contributed by atoms with Gasteiger partial charge in [-0.25, -0.2) is 0 Å². The molecule has 0 N–H and O–H groups in total. The second-order valence-corrected chi connectivity index (χ2v) is 9.99. The Kier molecular flexibility index (Phi) is 8.42. The van der Waals surface area contributed by atoms with Gasteiger partial charge in [0.15, 0.2) is 6.19 Å². The largest absolute Gasteiger partial charge is 0.373 e. The Bertz CT molecular complexity index is 388. The summed E-state index contributed by atoms with van der Waals surface area (Å²) < 4.78 is 18.3. The van der Waals surface area contributed by atoms with Gasteiger partial charge < -0.3 is 14.2 Å². The minimum Gasteiger partial charge on any atom is -0.373 e. The summed E-state index contributed by atoms with van der Waals surface area (Å²) in [5, 5.41) is 9.83. The summed E-state index contributed by atoms with van der Waals surface area (Å²) in [5.74, 6) is 0. The molecule has 0 aromatic rings. The normalized spacial score (nSPS) is 13.9. The van der Waals surface area contributed by atoms with Crippen LogP contribution in [0.15, 0.2) is 0 Å². The van der Waals surface area contributed by atoms with Gasteiger partial charge in [-0.05, 0) is 76.2 Å². The Morgan fingerprint density at radius 2 is 1.00 bits per heavy atom. The molecule has 0 aromatic carbocycles. The average Bonchev–Trinajstić information content (AvgIpc) is 2.37. The van der Waals surface area contributed by atoms with E-state index in [1.54, 1.807) is 4.90 Å². The Morgan fingerprint density at radius 1 is 0.720 bits per heavy atom. The van der Waals surface area contributed by atoms with Crippen LogP contribution in [0.3, 0.4) is 0 Å². The first-order valence-electron chi connectivity index (χ1n) is 9.12. The molecule has 0 heterocycles. The van der Waals surface area contributed by atoms with Crippen LogP contribution in [0.4, 0.5) is 0 Å². The summed E-state index contributed by atoms with van der Waals surface area (Å²) >= 11 is 0. The van der Waals surface area contributed by atoms with Crippen LogP contribution in [0.25, 0.3) is 0 Å². The number of ether oxygens (including phenoxy) is 3. The highest BCUT2D eigenvalue weighted by Crippen LogP contribution is 2.27. The molecular formula is C20H40N2O3. The molecule has 148 valence electrons. The maximum atomic E-state index is 9.83. The first-order valence-corrected chi connectivity index (χ1v) is 9.12. The van der Waals surface area contributed by atoms with E-state index in [4.69, 9.17) is 14.2 Å². The number of nitrogens with zero attached hydrogens (tertiary/aromatic N) is 2. The molecule has 0 aliphatic heterocycles. The van der Waals surface area contributed by atoms with E-state index >= 15 is 0 Å². The molecule has 5 nitrogen and oxygen atoms in total. The van der Waals surface area contributed by atoms with E-state index in [2.05, 4.69) is 6.19 Å². The quantitative estimate of drug-likeness (QED) is 0.478. The maximum Gasteiger partial charge on any atom is 0.180 e. The van der Waals surface area contributed by atoms with E-state index in [1.807, 2.05) is 76.2 Å². The van der Waals surface area contributed by atoms with E-state index in [-0.39, 0.29) is 22.8 Å². The predicted molar refractivity (Wildman–Crippen MR) is 102 cm³/mol. The van der Waals surface area contributed by atoms with Crippen molar-refractivity contribution in [3.05, 3.63) is 0 Å². The summed E-state index contributed by atoms with van der Waals surface area (Å²) in [6.45, 7) is 23.2. The standard InChI is InChI=1S/C20H40N2O3/c1-16(2)22(15-21)20(12-23-17(3,4)5,13-24-18(6,7)8)14-25-19(9,10)11/h16H,12-14H2,1-11H3. The van der Waals surface area contributed by atoms with Crippen LogP contribution in [-0.4, -0.2) is 53.1 Å². The Morgan fingerprint density at radius 3 is 1.16 bits per heavy atom. The lowest BCUT2D eigenvalue weighted by atomic mass is 9.97. The minimum absolute atomic E-state index is 0.0145. The van der Waals surface area contributed by atoms with Crippen molar-refractivity contribution >= 4 is 0 Å². The third-order valence-corrected chi connectivity index (χ3v) is 3.46. The maximum absolute atomic E-state index is 9.83. The number of nitriles is 1. The van der Waals surface area contributed by atoms with Gasteiger partial charge in [-0.3, -0.25) is 4.90 Å². The molecule has 0 rings (SSSR count). The van der Waals surface area contributed by atoms with Gasteiger partial charge in [-0.1, -0.05) is 0 Å². The number of hydrogen-bond donors (Lipinski definition) is 0. The molecule has 0 atom stereocenters. The van der Waals surface area contributed by atoms with Gasteiger partial charge in [0.1, 0.15) is 5.54 Å². The Hall–Kier alpha value is -0.830. The smallest absolute Gasteiger partial charge is 0.180 e. The zero-order chi connectivity index (χ0) is 20.1. The van der Waals surface area contributed by atoms with E-state index in [1.165, 1.54) is 0 Å². The summed E-state index contributed by atoms with van der Waals surface area (Å²) in [5.41, 5.74) is -1.62. The highest BCUT2D eigenvalue weighted by atomic mass is 16.5. The summed E-state index contributed by atoms with van der Waals surface area (Å²) in [4.78, 5) is 1.76. The van der Waals surface area contributed by atoms with Crippen molar-refractivity contribution in [2.45, 2.75) is 105 Å². The highest BCUT2D eigenvalue weighted by molar-refractivity contribution is 5.00. The number of hydrogen-bond acceptors (Lipinski definition) is 5. The van der Waals surface area contributed by atoms with E-state index < -0.39 is 5.54 Å². The molecule has 0 aliphatic rings. The molecular weight excluding hydrogens is 316 g/mol. The monoisotopic (exact) mass is 356 g/mol. The SMILES string of the molecule is CC(C)N(C#N)C(COC(C)(C)C)(COC(C)(C)C)COC(C)(C)C. The van der Waals surface area contributed by atoms with E-state index in [9.17, 15) is 5.26 Å². The molecule has 0 radical (unpaired) electrons. The second kappa shape index (κ2) is 8.70. The summed E-state index contributed by atoms with van der Waals surface area (Å²) in [6, 6.07) is 0.0145. The van der Waals surface area contributed by atoms with Crippen molar-refractivity contribution in [1.29, 1.82) is 5.26 Å². The molecule has 0 aromatic heterocycles. The molecule has 0 saturated heterocycles. The molecule has 0 unspecified atom stereocenters. The van der Waals surface area contributed by atoms with Crippen molar-refractivity contribution in [3.63, 3.8) is 0 Å². The summed E-state index contributed by atoms with van der Waals surface area (Å²) in [7, 11) is 0. The molecule has 25 heavy (non-hydrogen) atoms. The molecule has 0 spiro atoms. The zero-order valence-electron chi connectivity index (χ0n) is 18.3. The predicted octanol–water partition coefficient (Wildman–Crippen LogP) is 4.36. The number of rotatable bonds is 8. The lowest BCUT2D eigenvalue weighted by Gasteiger charge is -2.45. The van der Waals surface area contributed by atoms with Crippen LogP contribution >= 0.6 is 0 Å². The van der Waals surface area contributed by atoms with Crippen molar-refractivity contribution in [2.75, 3.05) is 19.8 Å². The van der Waals surface area contributed by atoms with Gasteiger partial charge in [0.2, 0.25) is 0 Å². The molecule has 0 bridgehead atoms. The minimum atomic E-state index is -0.684. The van der Waals surface area contributed by atoms with Crippen LogP contribution in [0.2, 0.25) is 0 Å². The van der Waals surface area contributed by atoms with Gasteiger partial charge >= 0.3 is 0 Å². The lowest BCUT2D eigenvalue weighted by molar-refractivity contribution is -0.156. The third-order valence-electron chi connectivity index (χ3n) is 3.46. The van der Waals surface area contributed by atoms with Crippen molar-refractivity contribution in [2.24, 2.45) is 0 Å². The Balaban J connectivity index is 5.77. The first-order chi connectivity index (χ1) is 11.0. The average molecular weight is 357 g/mol. The molecule has 0 saturated carbocycles. The fraction of sp³-hybridized carbons (Fsp3) is 0.950. The highest BCUT2D eigenvalue weighted by Gasteiger charge is 2.42. The molecule has 0 amide bonds. The van der Waals surface area contributed by atoms with Crippen molar-refractivity contribution in [3.8, 4) is 6.19 Å². The lowest BCUT2D eigenvalue weighted by Crippen LogP contribution is -2.61. The van der Waals surface area contributed by atoms with Gasteiger partial charge in [0.05, 0.1) is 36.6 Å². The van der Waals surface area contributed by atoms with Crippen molar-refractivity contribution < 1.29 is 14.2 Å². The summed E-state index contributed by atoms with van der Waals surface area (Å²) in [6.07, 6.45) is 2.34. The first kappa shape index (κ1) is 24.2. The van der Waals surface area contributed by atoms with Gasteiger partial charge in [-0.2, -0.15) is 5.26 Å². The second-order valence-electron chi connectivity index (χ2n) is 9.99. The fourth-order valence-corrected chi connectivity index (χ4v) is 2.16. The van der Waals surface area contributed by atoms with Gasteiger partial charge in [0, 0.05) is 6.04 Å². The van der Waals surface area contributed by atoms with Crippen LogP contribution < -0.4 is 0 Å². The third kappa shape index (κ3) is 10.0. The molecule has 0 fully saturated rings. The van der Waals surface area contributed by atoms with Crippen LogP contribution in [-0.2, 0) is 14.2 Å². The van der Waals surface area contributed by atoms with E-state index in [0.29, 0.717) is 19.8 Å². The van der Waals surface area contributed by atoms with Crippen LogP contribution in [0, 0.1) is 11.5 Å². The molecule has 0 aliphatic carbocycles.